The number of aryl methyl sites for hydroxylation is 1. The van der Waals surface area contributed by atoms with Crippen LogP contribution in [0.5, 0.6) is 0 Å². The molecule has 0 saturated carbocycles. The molecule has 1 heterocycles. The molecule has 1 aromatic heterocycles. The molecule has 2 aromatic rings. The maximum atomic E-state index is 11.0. The lowest BCUT2D eigenvalue weighted by atomic mass is 10.1. The molecule has 0 aliphatic rings. The Bertz CT molecular complexity index is 767. The van der Waals surface area contributed by atoms with Crippen molar-refractivity contribution in [2.45, 2.75) is 19.9 Å². The number of aromatic nitrogens is 1. The molecule has 6 nitrogen and oxygen atoms in total. The van der Waals surface area contributed by atoms with Crippen molar-refractivity contribution in [3.63, 3.8) is 0 Å². The summed E-state index contributed by atoms with van der Waals surface area (Å²) < 4.78 is 2.02. The number of hydrogen-bond acceptors (Lipinski definition) is 2. The first-order valence-electron chi connectivity index (χ1n) is 8.48. The molecule has 26 heavy (non-hydrogen) atoms. The highest BCUT2D eigenvalue weighted by atomic mass is 35.5. The van der Waals surface area contributed by atoms with Crippen LogP contribution in [0.1, 0.15) is 18.2 Å². The highest BCUT2D eigenvalue weighted by molar-refractivity contribution is 6.30. The van der Waals surface area contributed by atoms with Crippen LogP contribution in [0.15, 0.2) is 41.5 Å². The number of hydrogen-bond donors (Lipinski definition) is 2. The average Bonchev–Trinajstić information content (AvgIpc) is 2.89. The van der Waals surface area contributed by atoms with Gasteiger partial charge in [-0.05, 0) is 30.2 Å². The Morgan fingerprint density at radius 2 is 2.00 bits per heavy atom. The smallest absolute Gasteiger partial charge is 0.221 e. The summed E-state index contributed by atoms with van der Waals surface area (Å²) in [6.45, 7) is 2.99. The van der Waals surface area contributed by atoms with E-state index in [0.29, 0.717) is 6.54 Å². The van der Waals surface area contributed by atoms with E-state index in [2.05, 4.69) is 20.5 Å². The summed E-state index contributed by atoms with van der Waals surface area (Å²) in [5, 5.41) is 6.88. The first kappa shape index (κ1) is 19.8. The molecule has 1 aromatic carbocycles. The Morgan fingerprint density at radius 1 is 1.31 bits per heavy atom. The van der Waals surface area contributed by atoms with Crippen LogP contribution in [0.25, 0.3) is 0 Å². The summed E-state index contributed by atoms with van der Waals surface area (Å²) >= 11 is 6.04. The summed E-state index contributed by atoms with van der Waals surface area (Å²) in [6, 6.07) is 9.83. The Labute approximate surface area is 159 Å². The molecular formula is C19H26ClN5O. The van der Waals surface area contributed by atoms with E-state index in [1.54, 1.807) is 7.05 Å². The van der Waals surface area contributed by atoms with E-state index in [-0.39, 0.29) is 5.91 Å². The zero-order valence-corrected chi connectivity index (χ0v) is 16.5. The van der Waals surface area contributed by atoms with Crippen molar-refractivity contribution in [3.05, 3.63) is 52.8 Å². The Morgan fingerprint density at radius 3 is 2.54 bits per heavy atom. The number of rotatable bonds is 6. The predicted octanol–water partition coefficient (Wildman–Crippen LogP) is 2.89. The van der Waals surface area contributed by atoms with E-state index < -0.39 is 0 Å². The van der Waals surface area contributed by atoms with Crippen LogP contribution in [-0.4, -0.2) is 42.0 Å². The third-order valence-electron chi connectivity index (χ3n) is 4.02. The highest BCUT2D eigenvalue weighted by Crippen LogP contribution is 2.14. The van der Waals surface area contributed by atoms with Gasteiger partial charge in [-0.2, -0.15) is 0 Å². The molecule has 2 N–H and O–H groups in total. The summed E-state index contributed by atoms with van der Waals surface area (Å²) in [6.07, 6.45) is 2.76. The first-order valence-corrected chi connectivity index (χ1v) is 8.86. The van der Waals surface area contributed by atoms with Crippen LogP contribution in [-0.2, 0) is 24.8 Å². The number of halogens is 1. The van der Waals surface area contributed by atoms with E-state index in [1.807, 2.05) is 55.2 Å². The fourth-order valence-electron chi connectivity index (χ4n) is 2.70. The molecule has 1 amide bonds. The number of anilines is 1. The topological polar surface area (TPSA) is 61.7 Å². The average molecular weight is 376 g/mol. The minimum atomic E-state index is -0.0641. The lowest BCUT2D eigenvalue weighted by Crippen LogP contribution is -2.39. The number of aliphatic imine (C=N–C) groups is 1. The van der Waals surface area contributed by atoms with Crippen molar-refractivity contribution < 1.29 is 4.79 Å². The van der Waals surface area contributed by atoms with E-state index in [4.69, 9.17) is 11.6 Å². The number of amides is 1. The van der Waals surface area contributed by atoms with Crippen LogP contribution < -0.4 is 10.6 Å². The lowest BCUT2D eigenvalue weighted by Gasteiger charge is -2.22. The second-order valence-corrected chi connectivity index (χ2v) is 6.66. The van der Waals surface area contributed by atoms with Crippen molar-refractivity contribution in [3.8, 4) is 0 Å². The van der Waals surface area contributed by atoms with E-state index in [9.17, 15) is 4.79 Å². The van der Waals surface area contributed by atoms with E-state index in [1.165, 1.54) is 12.5 Å². The summed E-state index contributed by atoms with van der Waals surface area (Å²) in [7, 11) is 5.76. The molecule has 140 valence electrons. The number of carbonyl (C=O) groups excluding carboxylic acids is 1. The monoisotopic (exact) mass is 375 g/mol. The molecule has 0 saturated heterocycles. The Kier molecular flexibility index (Phi) is 7.09. The first-order chi connectivity index (χ1) is 12.4. The number of nitrogens with zero attached hydrogens (tertiary/aromatic N) is 3. The molecule has 0 atom stereocenters. The van der Waals surface area contributed by atoms with Gasteiger partial charge in [0.05, 0.1) is 11.6 Å². The zero-order chi connectivity index (χ0) is 19.1. The van der Waals surface area contributed by atoms with Gasteiger partial charge >= 0.3 is 0 Å². The zero-order valence-electron chi connectivity index (χ0n) is 15.7. The number of guanidine groups is 1. The molecule has 2 rings (SSSR count). The normalized spacial score (nSPS) is 11.3. The van der Waals surface area contributed by atoms with Crippen LogP contribution in [0, 0.1) is 0 Å². The molecule has 0 aliphatic carbocycles. The molecule has 7 heteroatoms. The van der Waals surface area contributed by atoms with Crippen LogP contribution >= 0.6 is 11.6 Å². The minimum absolute atomic E-state index is 0.0641. The second kappa shape index (κ2) is 9.29. The van der Waals surface area contributed by atoms with Gasteiger partial charge in [0.25, 0.3) is 0 Å². The summed E-state index contributed by atoms with van der Waals surface area (Å²) in [5.74, 6) is 0.767. The quantitative estimate of drug-likeness (QED) is 0.602. The van der Waals surface area contributed by atoms with Gasteiger partial charge in [-0.15, -0.1) is 0 Å². The van der Waals surface area contributed by atoms with Gasteiger partial charge in [-0.25, -0.2) is 0 Å². The third kappa shape index (κ3) is 5.81. The van der Waals surface area contributed by atoms with Crippen LogP contribution in [0.3, 0.4) is 0 Å². The number of carbonyl (C=O) groups is 1. The highest BCUT2D eigenvalue weighted by Gasteiger charge is 2.09. The van der Waals surface area contributed by atoms with Gasteiger partial charge < -0.3 is 20.1 Å². The third-order valence-corrected chi connectivity index (χ3v) is 4.22. The maximum absolute atomic E-state index is 11.0. The lowest BCUT2D eigenvalue weighted by molar-refractivity contribution is -0.114. The fourth-order valence-corrected chi connectivity index (χ4v) is 2.97. The van der Waals surface area contributed by atoms with Crippen molar-refractivity contribution in [2.75, 3.05) is 26.0 Å². The van der Waals surface area contributed by atoms with Crippen molar-refractivity contribution >= 4 is 29.2 Å². The van der Waals surface area contributed by atoms with Crippen LogP contribution in [0.2, 0.25) is 5.02 Å². The van der Waals surface area contributed by atoms with Gasteiger partial charge in [0, 0.05) is 52.2 Å². The largest absolute Gasteiger partial charge is 0.356 e. The van der Waals surface area contributed by atoms with E-state index in [0.717, 1.165) is 35.3 Å². The molecule has 0 aliphatic heterocycles. The second-order valence-electron chi connectivity index (χ2n) is 6.22. The van der Waals surface area contributed by atoms with Crippen molar-refractivity contribution in [1.29, 1.82) is 0 Å². The van der Waals surface area contributed by atoms with Crippen LogP contribution in [0.4, 0.5) is 5.69 Å². The van der Waals surface area contributed by atoms with Crippen molar-refractivity contribution in [2.24, 2.45) is 12.0 Å². The molecule has 0 radical (unpaired) electrons. The molecule has 0 unspecified atom stereocenters. The van der Waals surface area contributed by atoms with Gasteiger partial charge in [0.1, 0.15) is 0 Å². The molecular weight excluding hydrogens is 350 g/mol. The minimum Gasteiger partial charge on any atom is -0.356 e. The number of benzene rings is 1. The summed E-state index contributed by atoms with van der Waals surface area (Å²) in [5.41, 5.74) is 3.12. The molecule has 0 bridgehead atoms. The van der Waals surface area contributed by atoms with E-state index >= 15 is 0 Å². The standard InChI is InChI=1S/C19H26ClN5O/c1-14(26)23-17-7-5-15(6-8-17)9-10-22-19(21-2)25(4)13-18-11-16(20)12-24(18)3/h5-8,11-12H,9-10,13H2,1-4H3,(H,21,22)(H,23,26). The molecule has 0 spiro atoms. The summed E-state index contributed by atoms with van der Waals surface area (Å²) in [4.78, 5) is 17.4. The van der Waals surface area contributed by atoms with Gasteiger partial charge in [-0.3, -0.25) is 9.79 Å². The maximum Gasteiger partial charge on any atom is 0.221 e. The Balaban J connectivity index is 1.84. The number of nitrogens with one attached hydrogen (secondary N) is 2. The van der Waals surface area contributed by atoms with Gasteiger partial charge in [0.2, 0.25) is 5.91 Å². The van der Waals surface area contributed by atoms with Crippen molar-refractivity contribution in [1.82, 2.24) is 14.8 Å². The van der Waals surface area contributed by atoms with Gasteiger partial charge in [0.15, 0.2) is 5.96 Å². The van der Waals surface area contributed by atoms with Gasteiger partial charge in [-0.1, -0.05) is 23.7 Å². The predicted molar refractivity (Wildman–Crippen MR) is 108 cm³/mol. The SMILES string of the molecule is CN=C(NCCc1ccc(NC(C)=O)cc1)N(C)Cc1cc(Cl)cn1C. The Hall–Kier alpha value is -2.47. The fraction of sp³-hybridized carbons (Fsp3) is 0.368. The molecule has 0 fully saturated rings.